The van der Waals surface area contributed by atoms with E-state index in [1.54, 1.807) is 45.7 Å². The highest BCUT2D eigenvalue weighted by molar-refractivity contribution is 8.13. The average molecular weight is 1280 g/mol. The smallest absolute Gasteiger partial charge is 0.330 e. The van der Waals surface area contributed by atoms with Gasteiger partial charge in [0.15, 0.2) is 23.9 Å². The predicted octanol–water partition coefficient (Wildman–Crippen LogP) is 3.34. The van der Waals surface area contributed by atoms with Gasteiger partial charge in [-0.25, -0.2) is 25.6 Å². The largest absolute Gasteiger partial charge is 0.388 e. The van der Waals surface area contributed by atoms with Crippen molar-refractivity contribution in [3.8, 4) is 0 Å². The number of likely N-dealkylation sites (tertiary alicyclic amines) is 1. The van der Waals surface area contributed by atoms with Crippen molar-refractivity contribution in [2.75, 3.05) is 48.8 Å². The van der Waals surface area contributed by atoms with Crippen LogP contribution in [0.5, 0.6) is 0 Å². The third-order valence-electron chi connectivity index (χ3n) is 17.5. The Balaban J connectivity index is 0.000000164. The van der Waals surface area contributed by atoms with Crippen molar-refractivity contribution in [1.82, 2.24) is 58.5 Å². The molecule has 484 valence electrons. The van der Waals surface area contributed by atoms with Crippen LogP contribution in [0.25, 0.3) is 4.85 Å². The molecule has 5 aromatic heterocycles. The number of morpholine rings is 3. The van der Waals surface area contributed by atoms with Crippen LogP contribution in [-0.4, -0.2) is 173 Å². The lowest BCUT2D eigenvalue weighted by Gasteiger charge is -2.38. The quantitative estimate of drug-likeness (QED) is 0.0362. The molecule has 6 saturated heterocycles. The molecule has 33 heteroatoms. The monoisotopic (exact) mass is 1280 g/mol. The third-order valence-corrected chi connectivity index (χ3v) is 20.3. The lowest BCUT2D eigenvalue weighted by atomic mass is 9.88. The molecular formula is C56H79N16O15PS. The van der Waals surface area contributed by atoms with Crippen LogP contribution in [0.1, 0.15) is 129 Å². The van der Waals surface area contributed by atoms with Crippen LogP contribution in [0, 0.1) is 47.1 Å². The van der Waals surface area contributed by atoms with Crippen molar-refractivity contribution in [1.29, 1.82) is 0 Å². The van der Waals surface area contributed by atoms with Gasteiger partial charge in [-0.05, 0) is 84.3 Å². The summed E-state index contributed by atoms with van der Waals surface area (Å²) in [6, 6.07) is -1.01. The molecule has 4 N–H and O–H groups in total. The van der Waals surface area contributed by atoms with Gasteiger partial charge in [0.05, 0.1) is 24.7 Å². The van der Waals surface area contributed by atoms with Crippen molar-refractivity contribution < 1.29 is 42.2 Å². The van der Waals surface area contributed by atoms with Crippen molar-refractivity contribution >= 4 is 43.3 Å². The van der Waals surface area contributed by atoms with E-state index in [-0.39, 0.29) is 43.1 Å². The number of aliphatic hydroxyl groups is 1. The van der Waals surface area contributed by atoms with Crippen LogP contribution >= 0.6 is 20.3 Å². The summed E-state index contributed by atoms with van der Waals surface area (Å²) in [6.07, 6.45) is 4.79. The zero-order valence-electron chi connectivity index (χ0n) is 52.6. The zero-order chi connectivity index (χ0) is 64.9. The molecular weight excluding hydrogens is 1200 g/mol. The maximum Gasteiger partial charge on any atom is 0.330 e. The first-order valence-corrected chi connectivity index (χ1v) is 31.9. The highest BCUT2D eigenvalue weighted by Crippen LogP contribution is 2.58. The number of carbonyl (C=O) groups excluding carboxylic acids is 1. The Labute approximate surface area is 516 Å². The first kappa shape index (κ1) is 66.5. The summed E-state index contributed by atoms with van der Waals surface area (Å²) in [4.78, 5) is 114. The van der Waals surface area contributed by atoms with E-state index in [0.717, 1.165) is 6.42 Å². The number of H-pyrrole nitrogens is 3. The number of hydrogen-bond acceptors (Lipinski definition) is 23. The van der Waals surface area contributed by atoms with E-state index >= 15 is 0 Å². The molecule has 5 aromatic rings. The molecule has 11 rings (SSSR count). The van der Waals surface area contributed by atoms with Gasteiger partial charge in [0.25, 0.3) is 37.1 Å². The second-order valence-electron chi connectivity index (χ2n) is 23.7. The number of amides is 1. The maximum absolute atomic E-state index is 12.9. The van der Waals surface area contributed by atoms with E-state index in [1.807, 2.05) is 25.0 Å². The molecule has 6 bridgehead atoms. The fourth-order valence-corrected chi connectivity index (χ4v) is 15.4. The van der Waals surface area contributed by atoms with Gasteiger partial charge in [-0.2, -0.15) is 15.0 Å². The second-order valence-corrected chi connectivity index (χ2v) is 25.9. The summed E-state index contributed by atoms with van der Waals surface area (Å²) in [5.74, 6) is 1.43. The van der Waals surface area contributed by atoms with E-state index in [9.17, 15) is 38.7 Å². The summed E-state index contributed by atoms with van der Waals surface area (Å²) in [7, 11) is -1.59. The molecule has 89 heavy (non-hydrogen) atoms. The Kier molecular flexibility index (Phi) is 19.5. The standard InChI is InChI=1S/C24H36N7O6P.C17H24N4O4S.C15H19N5O5/c1-9-24-13-30(22-26-17(7)36-28-22)18(21(35-24)29-12-16(6)20(32)27-23(29)33)19(24)37-38(34-11-10-25-8)31(14(2)3)15(4)5;1-6-17-8-21(16(26-5)18-11(4)22)12(10(17)3)14(25-17)20-7-9(2)13(23)19-15(20)24;1-4-15-6-20(13-16-8(3)25-18-13)9(10(15)21)12(24-15)19-5-7(2)11(22)17-14(19)23/h12,14-15,18-19,21H,9-11,13H2,1-7H3,(H,27,32,33);7,10,12,14H,6,8H2,1-5H3,(H,19,23,24);5,9-10,12,21H,4,6H2,1-3H3,(H,17,22,23)/t18-,19+,21-,24+,38?;10-,12+,14+,17-;9-,10+,12-,15+/m101/s1. The number of hydrogen-bond donors (Lipinski definition) is 4. The van der Waals surface area contributed by atoms with E-state index in [1.165, 1.54) is 44.8 Å². The van der Waals surface area contributed by atoms with E-state index in [0.29, 0.717) is 78.0 Å². The van der Waals surface area contributed by atoms with Gasteiger partial charge in [-0.1, -0.05) is 39.5 Å². The lowest BCUT2D eigenvalue weighted by molar-refractivity contribution is -0.122. The summed E-state index contributed by atoms with van der Waals surface area (Å²) >= 11 is 1.41. The number of anilines is 2. The summed E-state index contributed by atoms with van der Waals surface area (Å²) in [5.41, 5.74) is -3.81. The first-order chi connectivity index (χ1) is 42.1. The molecule has 1 unspecified atom stereocenters. The van der Waals surface area contributed by atoms with Gasteiger partial charge in [0, 0.05) is 80.6 Å². The topological polar surface area (TPSA) is 356 Å². The summed E-state index contributed by atoms with van der Waals surface area (Å²) in [6.45, 7) is 35.2. The van der Waals surface area contributed by atoms with Crippen molar-refractivity contribution in [2.45, 2.75) is 194 Å². The van der Waals surface area contributed by atoms with Crippen LogP contribution in [0.15, 0.2) is 61.4 Å². The minimum atomic E-state index is -1.59. The van der Waals surface area contributed by atoms with E-state index < -0.39 is 102 Å². The maximum atomic E-state index is 12.9. The Morgan fingerprint density at radius 3 is 1.58 bits per heavy atom. The molecule has 0 radical (unpaired) electrons. The number of ether oxygens (including phenoxy) is 3. The molecule has 6 aliphatic rings. The van der Waals surface area contributed by atoms with Crippen LogP contribution in [-0.2, 0) is 28.1 Å². The molecule has 0 aromatic carbocycles. The third kappa shape index (κ3) is 12.3. The Hall–Kier alpha value is -6.95. The van der Waals surface area contributed by atoms with Gasteiger partial charge >= 0.3 is 17.1 Å². The average Bonchev–Trinajstić information content (AvgIpc) is 1.70. The number of fused-ring (bicyclic) bond motifs is 6. The highest BCUT2D eigenvalue weighted by Gasteiger charge is 2.67. The number of aromatic amines is 3. The molecule has 1 amide bonds. The highest BCUT2D eigenvalue weighted by atomic mass is 32.2. The molecule has 6 fully saturated rings. The van der Waals surface area contributed by atoms with Crippen LogP contribution in [0.2, 0.25) is 0 Å². The summed E-state index contributed by atoms with van der Waals surface area (Å²) in [5, 5.41) is 19.5. The van der Waals surface area contributed by atoms with Gasteiger partial charge in [-0.15, -0.1) is 0 Å². The number of aliphatic imine (C=N–C) groups is 1. The second kappa shape index (κ2) is 26.1. The molecule has 0 spiro atoms. The number of carbonyl (C=O) groups is 1. The number of aryl methyl sites for hydroxylation is 5. The van der Waals surface area contributed by atoms with E-state index in [4.69, 9.17) is 38.9 Å². The van der Waals surface area contributed by atoms with Gasteiger partial charge in [-0.3, -0.25) is 47.8 Å². The van der Waals surface area contributed by atoms with Crippen molar-refractivity contribution in [3.05, 3.63) is 121 Å². The number of aliphatic hydroxyl groups excluding tert-OH is 1. The molecule has 0 aliphatic carbocycles. The lowest BCUT2D eigenvalue weighted by Crippen LogP contribution is -2.50. The minimum Gasteiger partial charge on any atom is -0.388 e. The van der Waals surface area contributed by atoms with Crippen molar-refractivity contribution in [3.63, 3.8) is 0 Å². The molecule has 11 heterocycles. The molecule has 31 nitrogen and oxygen atoms in total. The number of aromatic nitrogens is 10. The Bertz CT molecular complexity index is 3860. The predicted molar refractivity (Wildman–Crippen MR) is 327 cm³/mol. The van der Waals surface area contributed by atoms with E-state index in [2.05, 4.69) is 96.2 Å². The van der Waals surface area contributed by atoms with Crippen LogP contribution in [0.3, 0.4) is 0 Å². The number of nitrogens with zero attached hydrogens (tertiary/aromatic N) is 13. The fraction of sp³-hybridized carbons (Fsp3) is 0.661. The number of amidine groups is 1. The van der Waals surface area contributed by atoms with Gasteiger partial charge in [0.2, 0.25) is 24.2 Å². The summed E-state index contributed by atoms with van der Waals surface area (Å²) < 4.78 is 48.8. The normalized spacial score (nSPS) is 28.7. The van der Waals surface area contributed by atoms with Gasteiger partial charge < -0.3 is 57.0 Å². The molecule has 6 aliphatic heterocycles. The molecule has 0 saturated carbocycles. The SMILES string of the molecule is CC[C@@]12CN(C(=NC(C)=O)SC)[C@@H]([C@H](n3cc(C)c(=O)[nH]c3=O)O1)[C@@H]2C.CC[C@@]12CN(c3noc(C)n3)[C@@H]([C@H](n3cc(C)c(=O)[nH]c3=O)O1)[C@@H]2O.[C-]#[N+]CCOP(O[C@H]1[C@@H]2[C@H](n3cc(C)c(=O)[nH]c3=O)O[C@@]1(CC)CN2c1noc(C)n1)N(C(C)C)C(C)C. The Morgan fingerprint density at radius 2 is 1.18 bits per heavy atom. The van der Waals surface area contributed by atoms with Gasteiger partial charge in [0.1, 0.15) is 42.1 Å². The van der Waals surface area contributed by atoms with Crippen molar-refractivity contribution in [2.24, 2.45) is 10.9 Å². The first-order valence-electron chi connectivity index (χ1n) is 29.6. The number of nitrogens with one attached hydrogen (secondary N) is 3. The zero-order valence-corrected chi connectivity index (χ0v) is 54.3. The number of rotatable bonds is 16. The number of thioether (sulfide) groups is 1. The fourth-order valence-electron chi connectivity index (χ4n) is 13.0. The minimum absolute atomic E-state index is 0.114. The Morgan fingerprint density at radius 1 is 0.742 bits per heavy atom. The van der Waals surface area contributed by atoms with Crippen LogP contribution in [0.4, 0.5) is 11.9 Å². The molecule has 13 atom stereocenters. The van der Waals surface area contributed by atoms with Crippen LogP contribution < -0.4 is 43.5 Å².